The first-order chi connectivity index (χ1) is 8.05. The molecule has 0 aliphatic heterocycles. The van der Waals surface area contributed by atoms with Crippen LogP contribution in [0.25, 0.3) is 0 Å². The Labute approximate surface area is 102 Å². The van der Waals surface area contributed by atoms with Crippen LogP contribution in [-0.2, 0) is 12.0 Å². The third-order valence-electron chi connectivity index (χ3n) is 2.57. The van der Waals surface area contributed by atoms with E-state index in [1.165, 1.54) is 0 Å². The fourth-order valence-electron chi connectivity index (χ4n) is 1.52. The molecule has 0 saturated carbocycles. The molecule has 0 bridgehead atoms. The lowest BCUT2D eigenvalue weighted by Gasteiger charge is -2.12. The van der Waals surface area contributed by atoms with E-state index in [4.69, 9.17) is 4.52 Å². The summed E-state index contributed by atoms with van der Waals surface area (Å²) in [5.41, 5.74) is 0.929. The van der Waals surface area contributed by atoms with Gasteiger partial charge < -0.3 is 9.09 Å². The standard InChI is InChI=1S/C13H18N3O/c1-13(2,3)12-9-11(15-17-12)5-4-7-16-8-6-14-10-16/h5-6,8-10H,4,7H2,1-3H3. The van der Waals surface area contributed by atoms with Gasteiger partial charge in [0.1, 0.15) is 5.76 Å². The largest absolute Gasteiger partial charge is 0.361 e. The molecule has 0 saturated heterocycles. The van der Waals surface area contributed by atoms with Crippen LogP contribution >= 0.6 is 0 Å². The van der Waals surface area contributed by atoms with Gasteiger partial charge in [-0.25, -0.2) is 4.98 Å². The van der Waals surface area contributed by atoms with Crippen molar-refractivity contribution in [3.63, 3.8) is 0 Å². The average molecular weight is 232 g/mol. The van der Waals surface area contributed by atoms with Crippen molar-refractivity contribution in [3.8, 4) is 0 Å². The molecule has 0 amide bonds. The molecule has 1 radical (unpaired) electrons. The van der Waals surface area contributed by atoms with Gasteiger partial charge in [-0.1, -0.05) is 25.9 Å². The molecule has 0 N–H and O–H groups in total. The van der Waals surface area contributed by atoms with Crippen molar-refractivity contribution >= 4 is 0 Å². The van der Waals surface area contributed by atoms with Crippen LogP contribution in [0.2, 0.25) is 0 Å². The molecule has 0 fully saturated rings. The second kappa shape index (κ2) is 4.73. The molecule has 0 spiro atoms. The third-order valence-corrected chi connectivity index (χ3v) is 2.57. The van der Waals surface area contributed by atoms with E-state index < -0.39 is 0 Å². The summed E-state index contributed by atoms with van der Waals surface area (Å²) in [5.74, 6) is 0.923. The van der Waals surface area contributed by atoms with Gasteiger partial charge in [-0.2, -0.15) is 0 Å². The summed E-state index contributed by atoms with van der Waals surface area (Å²) in [6.45, 7) is 7.26. The average Bonchev–Trinajstić information content (AvgIpc) is 2.86. The molecule has 0 unspecified atom stereocenters. The van der Waals surface area contributed by atoms with E-state index in [1.807, 2.05) is 23.2 Å². The van der Waals surface area contributed by atoms with Crippen LogP contribution < -0.4 is 0 Å². The van der Waals surface area contributed by atoms with Crippen LogP contribution in [0.1, 0.15) is 38.6 Å². The Morgan fingerprint density at radius 1 is 1.41 bits per heavy atom. The van der Waals surface area contributed by atoms with Crippen LogP contribution in [0.5, 0.6) is 0 Å². The van der Waals surface area contributed by atoms with Gasteiger partial charge in [0.05, 0.1) is 12.0 Å². The minimum Gasteiger partial charge on any atom is -0.361 e. The number of aromatic nitrogens is 3. The number of hydrogen-bond acceptors (Lipinski definition) is 3. The van der Waals surface area contributed by atoms with E-state index in [1.54, 1.807) is 6.20 Å². The van der Waals surface area contributed by atoms with Crippen LogP contribution in [0.4, 0.5) is 0 Å². The van der Waals surface area contributed by atoms with E-state index in [9.17, 15) is 0 Å². The molecule has 2 heterocycles. The molecule has 0 atom stereocenters. The third kappa shape index (κ3) is 3.19. The summed E-state index contributed by atoms with van der Waals surface area (Å²) >= 11 is 0. The van der Waals surface area contributed by atoms with Gasteiger partial charge in [-0.15, -0.1) is 0 Å². The van der Waals surface area contributed by atoms with E-state index in [0.717, 1.165) is 24.4 Å². The lowest BCUT2D eigenvalue weighted by Crippen LogP contribution is -2.09. The quantitative estimate of drug-likeness (QED) is 0.814. The smallest absolute Gasteiger partial charge is 0.142 e. The molecular weight excluding hydrogens is 214 g/mol. The van der Waals surface area contributed by atoms with Crippen molar-refractivity contribution in [3.05, 3.63) is 42.7 Å². The fraction of sp³-hybridized carbons (Fsp3) is 0.462. The summed E-state index contributed by atoms with van der Waals surface area (Å²) in [4.78, 5) is 4.00. The highest BCUT2D eigenvalue weighted by molar-refractivity contribution is 5.18. The van der Waals surface area contributed by atoms with Gasteiger partial charge in [0.15, 0.2) is 0 Å². The van der Waals surface area contributed by atoms with Gasteiger partial charge in [0, 0.05) is 36.8 Å². The summed E-state index contributed by atoms with van der Waals surface area (Å²) in [5, 5.41) is 4.05. The Morgan fingerprint density at radius 3 is 2.82 bits per heavy atom. The van der Waals surface area contributed by atoms with Crippen LogP contribution in [0.15, 0.2) is 29.3 Å². The number of aryl methyl sites for hydroxylation is 1. The Morgan fingerprint density at radius 2 is 2.24 bits per heavy atom. The van der Waals surface area contributed by atoms with Crippen molar-refractivity contribution in [1.29, 1.82) is 0 Å². The zero-order chi connectivity index (χ0) is 12.3. The molecule has 91 valence electrons. The van der Waals surface area contributed by atoms with Crippen LogP contribution in [0.3, 0.4) is 0 Å². The number of hydrogen-bond donors (Lipinski definition) is 0. The van der Waals surface area contributed by atoms with Crippen molar-refractivity contribution in [2.45, 2.75) is 39.2 Å². The minimum atomic E-state index is 0.0173. The topological polar surface area (TPSA) is 43.9 Å². The zero-order valence-electron chi connectivity index (χ0n) is 10.6. The second-order valence-electron chi connectivity index (χ2n) is 5.16. The summed E-state index contributed by atoms with van der Waals surface area (Å²) < 4.78 is 7.36. The van der Waals surface area contributed by atoms with Crippen LogP contribution in [-0.4, -0.2) is 14.7 Å². The maximum Gasteiger partial charge on any atom is 0.142 e. The number of imidazole rings is 1. The minimum absolute atomic E-state index is 0.0173. The Hall–Kier alpha value is -1.58. The molecule has 0 aliphatic carbocycles. The van der Waals surface area contributed by atoms with Gasteiger partial charge in [-0.05, 0) is 6.42 Å². The fourth-order valence-corrected chi connectivity index (χ4v) is 1.52. The van der Waals surface area contributed by atoms with Gasteiger partial charge in [0.25, 0.3) is 0 Å². The molecule has 17 heavy (non-hydrogen) atoms. The zero-order valence-corrected chi connectivity index (χ0v) is 10.6. The Kier molecular flexibility index (Phi) is 3.31. The summed E-state index contributed by atoms with van der Waals surface area (Å²) in [6, 6.07) is 2.01. The van der Waals surface area contributed by atoms with Gasteiger partial charge >= 0.3 is 0 Å². The maximum atomic E-state index is 5.32. The normalized spacial score (nSPS) is 11.9. The van der Waals surface area contributed by atoms with E-state index in [-0.39, 0.29) is 5.41 Å². The predicted octanol–water partition coefficient (Wildman–Crippen LogP) is 2.81. The molecule has 0 aliphatic rings. The lowest BCUT2D eigenvalue weighted by molar-refractivity contribution is 0.327. The molecule has 2 aromatic rings. The van der Waals surface area contributed by atoms with Gasteiger partial charge in [-0.3, -0.25) is 0 Å². The van der Waals surface area contributed by atoms with Crippen LogP contribution in [0, 0.1) is 6.42 Å². The summed E-state index contributed by atoms with van der Waals surface area (Å²) in [7, 11) is 0. The SMILES string of the molecule is CC(C)(C)c1cc([CH]CCn2ccnc2)no1. The number of rotatable bonds is 4. The lowest BCUT2D eigenvalue weighted by atomic mass is 9.93. The highest BCUT2D eigenvalue weighted by atomic mass is 16.5. The van der Waals surface area contributed by atoms with E-state index in [0.29, 0.717) is 0 Å². The molecular formula is C13H18N3O. The summed E-state index contributed by atoms with van der Waals surface area (Å²) in [6.07, 6.45) is 8.56. The van der Waals surface area contributed by atoms with Crippen molar-refractivity contribution in [2.24, 2.45) is 0 Å². The Balaban J connectivity index is 1.85. The highest BCUT2D eigenvalue weighted by Crippen LogP contribution is 2.23. The molecule has 2 rings (SSSR count). The monoisotopic (exact) mass is 232 g/mol. The second-order valence-corrected chi connectivity index (χ2v) is 5.16. The number of nitrogens with zero attached hydrogens (tertiary/aromatic N) is 3. The Bertz CT molecular complexity index is 451. The molecule has 4 heteroatoms. The van der Waals surface area contributed by atoms with E-state index in [2.05, 4.69) is 37.3 Å². The first-order valence-electron chi connectivity index (χ1n) is 5.82. The van der Waals surface area contributed by atoms with Crippen molar-refractivity contribution in [1.82, 2.24) is 14.7 Å². The predicted molar refractivity (Wildman–Crippen MR) is 65.4 cm³/mol. The van der Waals surface area contributed by atoms with Crippen molar-refractivity contribution < 1.29 is 4.52 Å². The first-order valence-corrected chi connectivity index (χ1v) is 5.82. The van der Waals surface area contributed by atoms with Gasteiger partial charge in [0.2, 0.25) is 0 Å². The first kappa shape index (κ1) is 11.9. The highest BCUT2D eigenvalue weighted by Gasteiger charge is 2.19. The van der Waals surface area contributed by atoms with Crippen molar-refractivity contribution in [2.75, 3.05) is 0 Å². The molecule has 4 nitrogen and oxygen atoms in total. The maximum absolute atomic E-state index is 5.32. The van der Waals surface area contributed by atoms with E-state index >= 15 is 0 Å². The molecule has 2 aromatic heterocycles. The molecule has 0 aromatic carbocycles.